The quantitative estimate of drug-likeness (QED) is 0.177. The lowest BCUT2D eigenvalue weighted by Crippen LogP contribution is -2.18. The highest BCUT2D eigenvalue weighted by molar-refractivity contribution is 6.36. The van der Waals surface area contributed by atoms with Crippen molar-refractivity contribution in [2.24, 2.45) is 4.99 Å². The molecule has 3 aliphatic carbocycles. The second-order valence-corrected chi connectivity index (χ2v) is 14.3. The van der Waals surface area contributed by atoms with Gasteiger partial charge < -0.3 is 0 Å². The molecular weight excluding hydrogens is 605 g/mol. The van der Waals surface area contributed by atoms with E-state index >= 15 is 0 Å². The van der Waals surface area contributed by atoms with Gasteiger partial charge in [0.05, 0.1) is 5.71 Å². The molecule has 4 aliphatic rings. The van der Waals surface area contributed by atoms with Crippen LogP contribution in [0, 0.1) is 0 Å². The van der Waals surface area contributed by atoms with Gasteiger partial charge in [0.1, 0.15) is 0 Å². The molecule has 0 amide bonds. The predicted octanol–water partition coefficient (Wildman–Crippen LogP) is 11.6. The van der Waals surface area contributed by atoms with Crippen LogP contribution in [-0.4, -0.2) is 17.2 Å². The summed E-state index contributed by atoms with van der Waals surface area (Å²) in [5.74, 6) is 0.492. The molecule has 2 heterocycles. The van der Waals surface area contributed by atoms with E-state index in [1.54, 1.807) is 0 Å². The fraction of sp³-hybridized carbons (Fsp3) is 0.125. The summed E-state index contributed by atoms with van der Waals surface area (Å²) in [5.41, 5.74) is 18.8. The summed E-state index contributed by atoms with van der Waals surface area (Å²) in [6.45, 7) is 0.822. The fourth-order valence-electron chi connectivity index (χ4n) is 9.47. The monoisotopic (exact) mass is 638 g/mol. The van der Waals surface area contributed by atoms with Gasteiger partial charge >= 0.3 is 0 Å². The van der Waals surface area contributed by atoms with Crippen molar-refractivity contribution < 1.29 is 0 Å². The molecule has 1 aromatic heterocycles. The number of fused-ring (bicyclic) bond motifs is 9. The predicted molar refractivity (Wildman–Crippen MR) is 208 cm³/mol. The van der Waals surface area contributed by atoms with Crippen LogP contribution in [0.25, 0.3) is 54.9 Å². The standard InChI is InChI=1S/C48H34N2/c1-3-12-33-29(10-1)18-19-31-24-32(20-21-35(31)33)38-26-42(45-16-5-7-22-49-45)41-27-40-39(28-44(41)48(38)46-17-6-8-23-50-46)37-15-9-14-36-34-13-4-2-11-30(34)25-43(40)47(36)37/h1-7,9-22,24,27-28,42-43H,8,23,25-26H2/t42?,43-/m1/s1. The number of nitrogens with zero attached hydrogens (tertiary/aromatic N) is 2. The van der Waals surface area contributed by atoms with Crippen molar-refractivity contribution in [2.75, 3.05) is 6.54 Å². The number of allylic oxidation sites excluding steroid dienone is 3. The first kappa shape index (κ1) is 28.0. The largest absolute Gasteiger partial charge is 0.284 e. The maximum atomic E-state index is 5.21. The maximum Gasteiger partial charge on any atom is 0.0652 e. The number of rotatable bonds is 3. The Balaban J connectivity index is 1.19. The number of hydrogen-bond donors (Lipinski definition) is 0. The minimum absolute atomic E-state index is 0.134. The number of benzene rings is 6. The summed E-state index contributed by atoms with van der Waals surface area (Å²) in [4.78, 5) is 10.2. The zero-order valence-electron chi connectivity index (χ0n) is 27.7. The molecule has 2 heteroatoms. The normalized spacial score (nSPS) is 18.4. The summed E-state index contributed by atoms with van der Waals surface area (Å²) in [6, 6.07) is 47.8. The summed E-state index contributed by atoms with van der Waals surface area (Å²) >= 11 is 0. The van der Waals surface area contributed by atoms with Gasteiger partial charge in [-0.3, -0.25) is 9.98 Å². The van der Waals surface area contributed by atoms with Gasteiger partial charge in [0.15, 0.2) is 0 Å². The molecule has 2 atom stereocenters. The van der Waals surface area contributed by atoms with E-state index in [2.05, 4.69) is 133 Å². The fourth-order valence-corrected chi connectivity index (χ4v) is 9.47. The summed E-state index contributed by atoms with van der Waals surface area (Å²) < 4.78 is 0. The molecule has 0 saturated carbocycles. The van der Waals surface area contributed by atoms with E-state index in [9.17, 15) is 0 Å². The van der Waals surface area contributed by atoms with Crippen LogP contribution in [-0.2, 0) is 6.42 Å². The Labute approximate surface area is 292 Å². The molecule has 0 spiro atoms. The smallest absolute Gasteiger partial charge is 0.0652 e. The first-order chi connectivity index (χ1) is 24.8. The molecule has 7 aromatic rings. The van der Waals surface area contributed by atoms with E-state index < -0.39 is 0 Å². The topological polar surface area (TPSA) is 25.2 Å². The summed E-state index contributed by atoms with van der Waals surface area (Å²) in [6.07, 6.45) is 9.42. The third kappa shape index (κ3) is 4.08. The Morgan fingerprint density at radius 2 is 1.36 bits per heavy atom. The number of hydrogen-bond acceptors (Lipinski definition) is 2. The molecule has 0 fully saturated rings. The highest BCUT2D eigenvalue weighted by Crippen LogP contribution is 2.57. The highest BCUT2D eigenvalue weighted by Gasteiger charge is 2.39. The van der Waals surface area contributed by atoms with E-state index in [4.69, 9.17) is 9.98 Å². The number of aromatic nitrogens is 1. The van der Waals surface area contributed by atoms with Gasteiger partial charge in [-0.1, -0.05) is 109 Å². The van der Waals surface area contributed by atoms with E-state index in [0.717, 1.165) is 37.2 Å². The van der Waals surface area contributed by atoms with Crippen molar-refractivity contribution >= 4 is 38.4 Å². The molecule has 0 N–H and O–H groups in total. The molecule has 1 unspecified atom stereocenters. The number of aliphatic imine (C=N–C) groups is 1. The van der Waals surface area contributed by atoms with Crippen LogP contribution >= 0.6 is 0 Å². The summed E-state index contributed by atoms with van der Waals surface area (Å²) in [5, 5.41) is 5.14. The van der Waals surface area contributed by atoms with Gasteiger partial charge in [-0.2, -0.15) is 0 Å². The van der Waals surface area contributed by atoms with Crippen molar-refractivity contribution in [2.45, 2.75) is 31.1 Å². The Morgan fingerprint density at radius 1 is 0.560 bits per heavy atom. The third-order valence-corrected chi connectivity index (χ3v) is 11.7. The molecule has 2 nitrogen and oxygen atoms in total. The molecule has 236 valence electrons. The molecule has 0 saturated heterocycles. The Hall–Kier alpha value is -5.86. The molecule has 50 heavy (non-hydrogen) atoms. The zero-order valence-corrected chi connectivity index (χ0v) is 27.7. The Bertz CT molecular complexity index is 2660. The lowest BCUT2D eigenvalue weighted by molar-refractivity contribution is 0.779. The lowest BCUT2D eigenvalue weighted by atomic mass is 9.71. The molecule has 1 aliphatic heterocycles. The van der Waals surface area contributed by atoms with Gasteiger partial charge in [0, 0.05) is 35.8 Å². The Morgan fingerprint density at radius 3 is 2.26 bits per heavy atom. The third-order valence-electron chi connectivity index (χ3n) is 11.7. The average Bonchev–Trinajstić information content (AvgIpc) is 3.49. The first-order valence-corrected chi connectivity index (χ1v) is 18.0. The zero-order chi connectivity index (χ0) is 32.8. The van der Waals surface area contributed by atoms with Crippen LogP contribution in [0.2, 0.25) is 0 Å². The van der Waals surface area contributed by atoms with Crippen LogP contribution in [0.5, 0.6) is 0 Å². The second-order valence-electron chi connectivity index (χ2n) is 14.3. The van der Waals surface area contributed by atoms with Gasteiger partial charge in [-0.25, -0.2) is 0 Å². The SMILES string of the molecule is C1=CC(C2=C(c3ccc4c(ccc5ccccc54)c3)CC(c3ccccn3)c3cc4c(cc32)-c2cccc3c2[C@@H]4Cc2ccccc2-3)=NCC1. The van der Waals surface area contributed by atoms with Gasteiger partial charge in [0.2, 0.25) is 0 Å². The van der Waals surface area contributed by atoms with E-state index in [1.807, 2.05) is 12.3 Å². The average molecular weight is 639 g/mol. The number of dihydropyridines is 1. The van der Waals surface area contributed by atoms with Crippen LogP contribution in [0.4, 0.5) is 0 Å². The molecule has 0 bridgehead atoms. The second kappa shape index (κ2) is 10.8. The molecule has 11 rings (SSSR count). The van der Waals surface area contributed by atoms with Crippen LogP contribution in [0.15, 0.2) is 151 Å². The maximum absolute atomic E-state index is 5.21. The van der Waals surface area contributed by atoms with Crippen molar-refractivity contribution in [1.29, 1.82) is 0 Å². The van der Waals surface area contributed by atoms with Crippen molar-refractivity contribution in [3.05, 3.63) is 185 Å². The molecule has 0 radical (unpaired) electrons. The van der Waals surface area contributed by atoms with Crippen LogP contribution in [0.3, 0.4) is 0 Å². The van der Waals surface area contributed by atoms with Gasteiger partial charge in [0.25, 0.3) is 0 Å². The van der Waals surface area contributed by atoms with Crippen molar-refractivity contribution in [3.8, 4) is 22.3 Å². The van der Waals surface area contributed by atoms with Crippen molar-refractivity contribution in [1.82, 2.24) is 4.98 Å². The Kier molecular flexibility index (Phi) is 6.07. The van der Waals surface area contributed by atoms with Gasteiger partial charge in [-0.15, -0.1) is 0 Å². The first-order valence-electron chi connectivity index (χ1n) is 18.0. The molecular formula is C48H34N2. The van der Waals surface area contributed by atoms with Gasteiger partial charge in [-0.05, 0) is 132 Å². The summed E-state index contributed by atoms with van der Waals surface area (Å²) in [7, 11) is 0. The van der Waals surface area contributed by atoms with E-state index in [1.165, 1.54) is 88.3 Å². The highest BCUT2D eigenvalue weighted by atomic mass is 14.7. The van der Waals surface area contributed by atoms with E-state index in [-0.39, 0.29) is 5.92 Å². The minimum Gasteiger partial charge on any atom is -0.284 e. The minimum atomic E-state index is 0.134. The van der Waals surface area contributed by atoms with Crippen molar-refractivity contribution in [3.63, 3.8) is 0 Å². The lowest BCUT2D eigenvalue weighted by Gasteiger charge is -2.32. The molecule has 6 aromatic carbocycles. The van der Waals surface area contributed by atoms with E-state index in [0.29, 0.717) is 5.92 Å². The number of pyridine rings is 1. The van der Waals surface area contributed by atoms with Crippen LogP contribution in [0.1, 0.15) is 63.8 Å². The van der Waals surface area contributed by atoms with Crippen LogP contribution < -0.4 is 0 Å².